The number of rotatable bonds is 4. The fourth-order valence-corrected chi connectivity index (χ4v) is 4.34. The van der Waals surface area contributed by atoms with Gasteiger partial charge in [-0.3, -0.25) is 0 Å². The number of hydrogen-bond acceptors (Lipinski definition) is 2. The molecule has 33 heavy (non-hydrogen) atoms. The maximum absolute atomic E-state index is 14.4. The van der Waals surface area contributed by atoms with Gasteiger partial charge in [-0.1, -0.05) is 36.4 Å². The molecular weight excluding hydrogens is 411 g/mol. The highest BCUT2D eigenvalue weighted by Gasteiger charge is 2.16. The summed E-state index contributed by atoms with van der Waals surface area (Å²) in [6, 6.07) is 21.2. The van der Waals surface area contributed by atoms with Crippen LogP contribution in [0.4, 0.5) is 4.39 Å². The third kappa shape index (κ3) is 3.60. The van der Waals surface area contributed by atoms with Gasteiger partial charge in [-0.05, 0) is 62.2 Å². The summed E-state index contributed by atoms with van der Waals surface area (Å²) < 4.78 is 16.5. The summed E-state index contributed by atoms with van der Waals surface area (Å²) in [6.07, 6.45) is 1.88. The van der Waals surface area contributed by atoms with Crippen LogP contribution in [-0.2, 0) is 6.54 Å². The Morgan fingerprint density at radius 2 is 1.79 bits per heavy atom. The van der Waals surface area contributed by atoms with Crippen LogP contribution in [-0.4, -0.2) is 14.5 Å². The zero-order valence-corrected chi connectivity index (χ0v) is 18.8. The van der Waals surface area contributed by atoms with Gasteiger partial charge in [-0.25, -0.2) is 9.37 Å². The van der Waals surface area contributed by atoms with Gasteiger partial charge in [0.2, 0.25) is 0 Å². The molecule has 4 nitrogen and oxygen atoms in total. The Balaban J connectivity index is 1.66. The highest BCUT2D eigenvalue weighted by Crippen LogP contribution is 2.31. The van der Waals surface area contributed by atoms with Crippen LogP contribution in [0.5, 0.6) is 0 Å². The predicted molar refractivity (Wildman–Crippen MR) is 131 cm³/mol. The molecule has 0 bridgehead atoms. The van der Waals surface area contributed by atoms with Crippen LogP contribution in [0.3, 0.4) is 0 Å². The molecule has 0 aliphatic rings. The number of aromatic amines is 1. The molecule has 0 atom stereocenters. The minimum Gasteiger partial charge on any atom is -0.340 e. The van der Waals surface area contributed by atoms with Crippen LogP contribution in [0.2, 0.25) is 0 Å². The first kappa shape index (κ1) is 20.7. The molecule has 0 spiro atoms. The van der Waals surface area contributed by atoms with Crippen LogP contribution in [0.25, 0.3) is 33.6 Å². The maximum atomic E-state index is 14.4. The Morgan fingerprint density at radius 3 is 2.58 bits per heavy atom. The van der Waals surface area contributed by atoms with Gasteiger partial charge in [-0.2, -0.15) is 5.26 Å². The number of benzene rings is 3. The second-order valence-corrected chi connectivity index (χ2v) is 8.40. The molecule has 0 aliphatic carbocycles. The second kappa shape index (κ2) is 8.07. The second-order valence-electron chi connectivity index (χ2n) is 8.40. The van der Waals surface area contributed by atoms with E-state index in [0.717, 1.165) is 38.8 Å². The number of H-pyrrole nitrogens is 1. The first-order chi connectivity index (χ1) is 16.0. The van der Waals surface area contributed by atoms with E-state index in [4.69, 9.17) is 0 Å². The standard InChI is InChI=1S/C28H23FN4/c1-17-12-25-26(13-18(17)2)32-28(31-25)21(15-30)14-23-19(3)33(27-11-7-5-9-22(23)27)16-20-8-4-6-10-24(20)29/h4-14H,16H2,1-3H3,(H,31,32)/b21-14-. The van der Waals surface area contributed by atoms with Crippen molar-refractivity contribution in [2.45, 2.75) is 27.3 Å². The van der Waals surface area contributed by atoms with Gasteiger partial charge in [0.15, 0.2) is 0 Å². The number of allylic oxidation sites excluding steroid dienone is 1. The summed E-state index contributed by atoms with van der Waals surface area (Å²) in [5, 5.41) is 11.0. The van der Waals surface area contributed by atoms with Crippen LogP contribution in [0, 0.1) is 37.9 Å². The lowest BCUT2D eigenvalue weighted by Gasteiger charge is -2.09. The van der Waals surface area contributed by atoms with Gasteiger partial charge < -0.3 is 9.55 Å². The summed E-state index contributed by atoms with van der Waals surface area (Å²) in [4.78, 5) is 7.97. The Kier molecular flexibility index (Phi) is 5.07. The average molecular weight is 435 g/mol. The van der Waals surface area contributed by atoms with E-state index in [0.29, 0.717) is 23.5 Å². The van der Waals surface area contributed by atoms with Crippen molar-refractivity contribution in [2.75, 3.05) is 0 Å². The summed E-state index contributed by atoms with van der Waals surface area (Å²) in [5.41, 5.74) is 8.07. The van der Waals surface area contributed by atoms with Gasteiger partial charge in [0.25, 0.3) is 0 Å². The van der Waals surface area contributed by atoms with Crippen molar-refractivity contribution in [1.82, 2.24) is 14.5 Å². The van der Waals surface area contributed by atoms with E-state index in [1.165, 1.54) is 11.6 Å². The third-order valence-corrected chi connectivity index (χ3v) is 6.33. The molecule has 0 unspecified atom stereocenters. The van der Waals surface area contributed by atoms with E-state index >= 15 is 0 Å². The SMILES string of the molecule is Cc1cc2nc(/C(C#N)=C\c3c(C)n(Cc4ccccc4F)c4ccccc34)[nH]c2cc1C. The minimum absolute atomic E-state index is 0.225. The fraction of sp³-hybridized carbons (Fsp3) is 0.143. The number of nitrogens with one attached hydrogen (secondary N) is 1. The number of aryl methyl sites for hydroxylation is 2. The lowest BCUT2D eigenvalue weighted by Crippen LogP contribution is -2.03. The molecule has 162 valence electrons. The van der Waals surface area contributed by atoms with Crippen molar-refractivity contribution >= 4 is 33.6 Å². The number of imidazole rings is 1. The fourth-order valence-electron chi connectivity index (χ4n) is 4.34. The van der Waals surface area contributed by atoms with Crippen molar-refractivity contribution in [3.63, 3.8) is 0 Å². The number of para-hydroxylation sites is 1. The van der Waals surface area contributed by atoms with E-state index in [1.807, 2.05) is 49.4 Å². The topological polar surface area (TPSA) is 57.4 Å². The molecule has 0 radical (unpaired) electrons. The van der Waals surface area contributed by atoms with Gasteiger partial charge in [0.1, 0.15) is 17.7 Å². The molecule has 2 aromatic heterocycles. The highest BCUT2D eigenvalue weighted by atomic mass is 19.1. The molecular formula is C28H23FN4. The molecule has 5 rings (SSSR count). The van der Waals surface area contributed by atoms with Crippen LogP contribution in [0.1, 0.15) is 33.8 Å². The Bertz CT molecular complexity index is 1560. The van der Waals surface area contributed by atoms with Crippen LogP contribution in [0.15, 0.2) is 60.7 Å². The van der Waals surface area contributed by atoms with E-state index in [-0.39, 0.29) is 5.82 Å². The summed E-state index contributed by atoms with van der Waals surface area (Å²) in [6.45, 7) is 6.53. The van der Waals surface area contributed by atoms with Gasteiger partial charge in [-0.15, -0.1) is 0 Å². The lowest BCUT2D eigenvalue weighted by atomic mass is 10.1. The zero-order chi connectivity index (χ0) is 23.1. The molecule has 1 N–H and O–H groups in total. The van der Waals surface area contributed by atoms with E-state index in [2.05, 4.69) is 40.5 Å². The van der Waals surface area contributed by atoms with Crippen molar-refractivity contribution in [1.29, 1.82) is 5.26 Å². The van der Waals surface area contributed by atoms with Gasteiger partial charge in [0, 0.05) is 27.7 Å². The van der Waals surface area contributed by atoms with Crippen LogP contribution < -0.4 is 0 Å². The first-order valence-corrected chi connectivity index (χ1v) is 10.9. The third-order valence-electron chi connectivity index (χ3n) is 6.33. The number of halogens is 1. The molecule has 0 aliphatic heterocycles. The molecule has 5 heteroatoms. The highest BCUT2D eigenvalue weighted by molar-refractivity contribution is 5.99. The van der Waals surface area contributed by atoms with E-state index < -0.39 is 0 Å². The monoisotopic (exact) mass is 434 g/mol. The zero-order valence-electron chi connectivity index (χ0n) is 18.8. The Hall–Kier alpha value is -4.17. The number of fused-ring (bicyclic) bond motifs is 2. The minimum atomic E-state index is -0.225. The van der Waals surface area contributed by atoms with E-state index in [9.17, 15) is 9.65 Å². The van der Waals surface area contributed by atoms with Gasteiger partial charge in [0.05, 0.1) is 23.2 Å². The molecule has 0 saturated heterocycles. The lowest BCUT2D eigenvalue weighted by molar-refractivity contribution is 0.600. The molecule has 0 amide bonds. The number of hydrogen-bond donors (Lipinski definition) is 1. The Labute approximate surface area is 191 Å². The normalized spacial score (nSPS) is 11.9. The number of aromatic nitrogens is 3. The first-order valence-electron chi connectivity index (χ1n) is 10.9. The summed E-state index contributed by atoms with van der Waals surface area (Å²) in [7, 11) is 0. The maximum Gasteiger partial charge on any atom is 0.149 e. The van der Waals surface area contributed by atoms with Crippen LogP contribution >= 0.6 is 0 Å². The summed E-state index contributed by atoms with van der Waals surface area (Å²) >= 11 is 0. The van der Waals surface area contributed by atoms with Gasteiger partial charge >= 0.3 is 0 Å². The average Bonchev–Trinajstić information content (AvgIpc) is 3.32. The van der Waals surface area contributed by atoms with E-state index in [1.54, 1.807) is 12.1 Å². The molecule has 0 saturated carbocycles. The number of nitrogens with zero attached hydrogens (tertiary/aromatic N) is 3. The largest absolute Gasteiger partial charge is 0.340 e. The molecule has 0 fully saturated rings. The van der Waals surface area contributed by atoms with Crippen molar-refractivity contribution in [2.24, 2.45) is 0 Å². The predicted octanol–water partition coefficient (Wildman–Crippen LogP) is 6.69. The Morgan fingerprint density at radius 1 is 1.06 bits per heavy atom. The number of nitriles is 1. The van der Waals surface area contributed by atoms with Crippen molar-refractivity contribution in [3.05, 3.63) is 100 Å². The summed E-state index contributed by atoms with van der Waals surface area (Å²) in [5.74, 6) is 0.320. The van der Waals surface area contributed by atoms with Crippen molar-refractivity contribution < 1.29 is 4.39 Å². The smallest absolute Gasteiger partial charge is 0.149 e. The van der Waals surface area contributed by atoms with Crippen molar-refractivity contribution in [3.8, 4) is 6.07 Å². The quantitative estimate of drug-likeness (QED) is 0.320. The molecule has 3 aromatic carbocycles. The molecule has 5 aromatic rings. The molecule has 2 heterocycles.